The molecule has 138 valence electrons. The fourth-order valence-electron chi connectivity index (χ4n) is 3.21. The van der Waals surface area contributed by atoms with Crippen LogP contribution in [0.1, 0.15) is 31.4 Å². The molecule has 1 amide bonds. The second-order valence-corrected chi connectivity index (χ2v) is 7.92. The van der Waals surface area contributed by atoms with Gasteiger partial charge >= 0.3 is 0 Å². The second kappa shape index (κ2) is 7.61. The lowest BCUT2D eigenvalue weighted by Gasteiger charge is -2.17. The largest absolute Gasteiger partial charge is 0.493 e. The third-order valence-electron chi connectivity index (χ3n) is 4.42. The number of amides is 1. The SMILES string of the molecule is CC(C)/N=C1\S/C(=C\c2ccc3c(c2)CCCO3)C(=O)N1c1ccccc1. The fourth-order valence-corrected chi connectivity index (χ4v) is 4.32. The minimum atomic E-state index is -0.0282. The van der Waals surface area contributed by atoms with E-state index in [1.807, 2.05) is 62.4 Å². The second-order valence-electron chi connectivity index (χ2n) is 6.91. The van der Waals surface area contributed by atoms with Crippen LogP contribution in [0.5, 0.6) is 5.75 Å². The number of rotatable bonds is 3. The van der Waals surface area contributed by atoms with Crippen molar-refractivity contribution in [1.29, 1.82) is 0 Å². The van der Waals surface area contributed by atoms with Crippen LogP contribution in [0, 0.1) is 0 Å². The van der Waals surface area contributed by atoms with E-state index >= 15 is 0 Å². The molecule has 1 fully saturated rings. The van der Waals surface area contributed by atoms with Gasteiger partial charge in [0, 0.05) is 6.04 Å². The summed E-state index contributed by atoms with van der Waals surface area (Å²) in [5.41, 5.74) is 3.08. The Balaban J connectivity index is 1.69. The van der Waals surface area contributed by atoms with Crippen molar-refractivity contribution in [2.45, 2.75) is 32.7 Å². The summed E-state index contributed by atoms with van der Waals surface area (Å²) >= 11 is 1.44. The van der Waals surface area contributed by atoms with E-state index in [-0.39, 0.29) is 11.9 Å². The first kappa shape index (κ1) is 17.9. The van der Waals surface area contributed by atoms with Gasteiger partial charge in [0.2, 0.25) is 0 Å². The first-order valence-electron chi connectivity index (χ1n) is 9.24. The maximum absolute atomic E-state index is 13.1. The van der Waals surface area contributed by atoms with Crippen molar-refractivity contribution in [2.75, 3.05) is 11.5 Å². The number of para-hydroxylation sites is 1. The van der Waals surface area contributed by atoms with Crippen molar-refractivity contribution in [1.82, 2.24) is 0 Å². The lowest BCUT2D eigenvalue weighted by Crippen LogP contribution is -2.29. The number of hydrogen-bond acceptors (Lipinski definition) is 4. The van der Waals surface area contributed by atoms with E-state index in [1.54, 1.807) is 4.90 Å². The fraction of sp³-hybridized carbons (Fsp3) is 0.273. The molecule has 0 unspecified atom stereocenters. The van der Waals surface area contributed by atoms with E-state index in [4.69, 9.17) is 4.74 Å². The Kier molecular flexibility index (Phi) is 5.03. The zero-order valence-corrected chi connectivity index (χ0v) is 16.3. The number of aryl methyl sites for hydroxylation is 1. The molecule has 0 saturated carbocycles. The first-order chi connectivity index (χ1) is 13.1. The molecule has 0 atom stereocenters. The molecular weight excluding hydrogens is 356 g/mol. The van der Waals surface area contributed by atoms with Crippen LogP contribution in [0.3, 0.4) is 0 Å². The summed E-state index contributed by atoms with van der Waals surface area (Å²) in [6.07, 6.45) is 4.01. The highest BCUT2D eigenvalue weighted by molar-refractivity contribution is 8.19. The van der Waals surface area contributed by atoms with Crippen LogP contribution in [-0.2, 0) is 11.2 Å². The van der Waals surface area contributed by atoms with E-state index in [0.717, 1.165) is 41.6 Å². The average Bonchev–Trinajstić information content (AvgIpc) is 2.96. The Morgan fingerprint density at radius 1 is 1.19 bits per heavy atom. The van der Waals surface area contributed by atoms with Gasteiger partial charge < -0.3 is 4.74 Å². The van der Waals surface area contributed by atoms with Gasteiger partial charge in [0.05, 0.1) is 17.2 Å². The highest BCUT2D eigenvalue weighted by atomic mass is 32.2. The quantitative estimate of drug-likeness (QED) is 0.714. The minimum Gasteiger partial charge on any atom is -0.493 e. The molecule has 2 aliphatic heterocycles. The standard InChI is InChI=1S/C22H22N2O2S/c1-15(2)23-22-24(18-8-4-3-5-9-18)21(25)20(27-22)14-16-10-11-19-17(13-16)7-6-12-26-19/h3-5,8-11,13-15H,6-7,12H2,1-2H3/b20-14-,23-22-. The molecule has 0 aliphatic carbocycles. The number of thioether (sulfide) groups is 1. The number of amidine groups is 1. The van der Waals surface area contributed by atoms with Crippen LogP contribution in [-0.4, -0.2) is 23.7 Å². The number of fused-ring (bicyclic) bond motifs is 1. The van der Waals surface area contributed by atoms with Crippen molar-refractivity contribution < 1.29 is 9.53 Å². The van der Waals surface area contributed by atoms with Crippen molar-refractivity contribution in [2.24, 2.45) is 4.99 Å². The number of aliphatic imine (C=N–C) groups is 1. The van der Waals surface area contributed by atoms with Gasteiger partial charge in [-0.1, -0.05) is 24.3 Å². The lowest BCUT2D eigenvalue weighted by atomic mass is 10.0. The molecular formula is C22H22N2O2S. The maximum atomic E-state index is 13.1. The van der Waals surface area contributed by atoms with Crippen molar-refractivity contribution in [3.05, 3.63) is 64.6 Å². The van der Waals surface area contributed by atoms with Crippen LogP contribution in [0.4, 0.5) is 5.69 Å². The Bertz CT molecular complexity index is 919. The van der Waals surface area contributed by atoms with Crippen molar-refractivity contribution in [3.8, 4) is 5.75 Å². The van der Waals surface area contributed by atoms with Crippen LogP contribution in [0.2, 0.25) is 0 Å². The number of benzene rings is 2. The van der Waals surface area contributed by atoms with E-state index in [9.17, 15) is 4.79 Å². The molecule has 4 rings (SSSR count). The topological polar surface area (TPSA) is 41.9 Å². The summed E-state index contributed by atoms with van der Waals surface area (Å²) in [5.74, 6) is 0.932. The Morgan fingerprint density at radius 2 is 2.00 bits per heavy atom. The monoisotopic (exact) mass is 378 g/mol. The molecule has 2 aliphatic rings. The average molecular weight is 378 g/mol. The molecule has 27 heavy (non-hydrogen) atoms. The van der Waals surface area contributed by atoms with Gasteiger partial charge in [0.25, 0.3) is 5.91 Å². The molecule has 5 heteroatoms. The lowest BCUT2D eigenvalue weighted by molar-refractivity contribution is -0.113. The number of nitrogens with zero attached hydrogens (tertiary/aromatic N) is 2. The van der Waals surface area contributed by atoms with Gasteiger partial charge in [-0.3, -0.25) is 14.7 Å². The molecule has 0 spiro atoms. The molecule has 4 nitrogen and oxygen atoms in total. The Labute approximate surface area is 163 Å². The van der Waals surface area contributed by atoms with Crippen LogP contribution in [0.15, 0.2) is 58.4 Å². The maximum Gasteiger partial charge on any atom is 0.271 e. The predicted octanol–water partition coefficient (Wildman–Crippen LogP) is 4.90. The highest BCUT2D eigenvalue weighted by Crippen LogP contribution is 2.37. The number of hydrogen-bond donors (Lipinski definition) is 0. The molecule has 1 saturated heterocycles. The predicted molar refractivity (Wildman–Crippen MR) is 112 cm³/mol. The number of carbonyl (C=O) groups excluding carboxylic acids is 1. The highest BCUT2D eigenvalue weighted by Gasteiger charge is 2.34. The van der Waals surface area contributed by atoms with E-state index in [0.29, 0.717) is 4.91 Å². The molecule has 0 N–H and O–H groups in total. The third-order valence-corrected chi connectivity index (χ3v) is 5.40. The van der Waals surface area contributed by atoms with E-state index in [2.05, 4.69) is 11.1 Å². The summed E-state index contributed by atoms with van der Waals surface area (Å²) < 4.78 is 5.69. The minimum absolute atomic E-state index is 0.0282. The third kappa shape index (κ3) is 3.78. The number of ether oxygens (including phenoxy) is 1. The van der Waals surface area contributed by atoms with Gasteiger partial charge in [0.15, 0.2) is 5.17 Å². The summed E-state index contributed by atoms with van der Waals surface area (Å²) in [5, 5.41) is 0.730. The van der Waals surface area contributed by atoms with Gasteiger partial charge in [-0.2, -0.15) is 0 Å². The van der Waals surface area contributed by atoms with E-state index in [1.165, 1.54) is 17.3 Å². The Hall–Kier alpha value is -2.53. The zero-order valence-electron chi connectivity index (χ0n) is 15.5. The number of carbonyl (C=O) groups is 1. The smallest absolute Gasteiger partial charge is 0.271 e. The molecule has 0 bridgehead atoms. The molecule has 2 aromatic carbocycles. The Morgan fingerprint density at radius 3 is 2.78 bits per heavy atom. The molecule has 0 aromatic heterocycles. The first-order valence-corrected chi connectivity index (χ1v) is 10.1. The molecule has 0 radical (unpaired) electrons. The summed E-state index contributed by atoms with van der Waals surface area (Å²) in [6, 6.07) is 15.9. The van der Waals surface area contributed by atoms with Crippen molar-refractivity contribution >= 4 is 34.6 Å². The van der Waals surface area contributed by atoms with E-state index < -0.39 is 0 Å². The zero-order chi connectivity index (χ0) is 18.8. The molecule has 2 aromatic rings. The molecule has 2 heterocycles. The van der Waals surface area contributed by atoms with Gasteiger partial charge in [-0.25, -0.2) is 0 Å². The van der Waals surface area contributed by atoms with Crippen LogP contribution in [0.25, 0.3) is 6.08 Å². The van der Waals surface area contributed by atoms with Crippen LogP contribution >= 0.6 is 11.8 Å². The van der Waals surface area contributed by atoms with Crippen molar-refractivity contribution in [3.63, 3.8) is 0 Å². The van der Waals surface area contributed by atoms with Gasteiger partial charge in [-0.05, 0) is 79.9 Å². The van der Waals surface area contributed by atoms with Crippen LogP contribution < -0.4 is 9.64 Å². The van der Waals surface area contributed by atoms with Gasteiger partial charge in [-0.15, -0.1) is 0 Å². The number of anilines is 1. The summed E-state index contributed by atoms with van der Waals surface area (Å²) in [4.78, 5) is 20.2. The normalized spacial score (nSPS) is 19.7. The summed E-state index contributed by atoms with van der Waals surface area (Å²) in [6.45, 7) is 4.82. The summed E-state index contributed by atoms with van der Waals surface area (Å²) in [7, 11) is 0. The van der Waals surface area contributed by atoms with Gasteiger partial charge in [0.1, 0.15) is 5.75 Å².